The summed E-state index contributed by atoms with van der Waals surface area (Å²) >= 11 is 0. The average Bonchev–Trinajstić information content (AvgIpc) is 3.21. The second-order valence-corrected chi connectivity index (χ2v) is 10.5. The Labute approximate surface area is 221 Å². The lowest BCUT2D eigenvalue weighted by atomic mass is 9.55. The highest BCUT2D eigenvalue weighted by Gasteiger charge is 2.61. The molecule has 3 aliphatic carbocycles. The van der Waals surface area contributed by atoms with Crippen molar-refractivity contribution < 1.29 is 14.4 Å². The SMILES string of the molecule is Cc1cccc(NC(=O)c2ccc(N3C(=O)[C@@H]4C5c6ccccc6C(c6ccccc65)[C@@H]4C3=O)cc2)c1C. The van der Waals surface area contributed by atoms with Crippen LogP contribution in [0.4, 0.5) is 11.4 Å². The zero-order valence-electron chi connectivity index (χ0n) is 21.1. The Balaban J connectivity index is 1.21. The fourth-order valence-electron chi connectivity index (χ4n) is 6.77. The number of benzene rings is 4. The number of amides is 3. The first-order valence-electron chi connectivity index (χ1n) is 13.0. The maximum Gasteiger partial charge on any atom is 0.255 e. The second kappa shape index (κ2) is 8.25. The quantitative estimate of drug-likeness (QED) is 0.355. The minimum absolute atomic E-state index is 0.138. The Hall–Kier alpha value is -4.51. The van der Waals surface area contributed by atoms with Crippen LogP contribution < -0.4 is 10.2 Å². The van der Waals surface area contributed by atoms with Crippen molar-refractivity contribution in [2.24, 2.45) is 11.8 Å². The van der Waals surface area contributed by atoms with Crippen LogP contribution in [0, 0.1) is 25.7 Å². The van der Waals surface area contributed by atoms with Crippen molar-refractivity contribution in [1.82, 2.24) is 0 Å². The van der Waals surface area contributed by atoms with Crippen LogP contribution in [0.5, 0.6) is 0 Å². The van der Waals surface area contributed by atoms with Crippen molar-refractivity contribution in [2.75, 3.05) is 10.2 Å². The van der Waals surface area contributed by atoms with E-state index in [1.807, 2.05) is 56.3 Å². The van der Waals surface area contributed by atoms with E-state index in [2.05, 4.69) is 29.6 Å². The van der Waals surface area contributed by atoms with Gasteiger partial charge in [-0.1, -0.05) is 60.7 Å². The van der Waals surface area contributed by atoms with Gasteiger partial charge in [0.1, 0.15) is 0 Å². The van der Waals surface area contributed by atoms with Gasteiger partial charge in [-0.2, -0.15) is 0 Å². The third kappa shape index (κ3) is 3.08. The standard InChI is InChI=1S/C33H26N2O3/c1-18-8-7-13-26(19(18)2)34-31(36)20-14-16-21(17-15-20)35-32(37)29-27-22-9-3-4-10-23(22)28(30(29)33(35)38)25-12-6-5-11-24(25)27/h3-17,27-30H,1-2H3,(H,34,36)/t27?,28?,29-,30+. The Morgan fingerprint density at radius 1 is 0.658 bits per heavy atom. The van der Waals surface area contributed by atoms with E-state index in [0.29, 0.717) is 11.3 Å². The van der Waals surface area contributed by atoms with E-state index in [4.69, 9.17) is 0 Å². The summed E-state index contributed by atoms with van der Waals surface area (Å²) in [6.45, 7) is 3.98. The highest BCUT2D eigenvalue weighted by molar-refractivity contribution is 6.23. The first-order chi connectivity index (χ1) is 18.5. The monoisotopic (exact) mass is 498 g/mol. The van der Waals surface area contributed by atoms with E-state index >= 15 is 0 Å². The van der Waals surface area contributed by atoms with Gasteiger partial charge in [-0.3, -0.25) is 14.4 Å². The summed E-state index contributed by atoms with van der Waals surface area (Å²) in [5, 5.41) is 2.97. The first-order valence-corrected chi connectivity index (χ1v) is 13.0. The largest absolute Gasteiger partial charge is 0.322 e. The summed E-state index contributed by atoms with van der Waals surface area (Å²) in [4.78, 5) is 42.1. The number of rotatable bonds is 3. The molecule has 1 fully saturated rings. The number of nitrogens with zero attached hydrogens (tertiary/aromatic N) is 1. The molecule has 0 aromatic heterocycles. The molecule has 3 amide bonds. The molecule has 4 aromatic rings. The van der Waals surface area contributed by atoms with Crippen LogP contribution in [-0.2, 0) is 9.59 Å². The van der Waals surface area contributed by atoms with Gasteiger partial charge < -0.3 is 5.32 Å². The Kier molecular flexibility index (Phi) is 4.92. The molecule has 4 aliphatic rings. The minimum Gasteiger partial charge on any atom is -0.322 e. The predicted octanol–water partition coefficient (Wildman–Crippen LogP) is 5.95. The highest BCUT2D eigenvalue weighted by atomic mass is 16.2. The Morgan fingerprint density at radius 3 is 1.66 bits per heavy atom. The highest BCUT2D eigenvalue weighted by Crippen LogP contribution is 2.61. The zero-order chi connectivity index (χ0) is 26.1. The molecule has 38 heavy (non-hydrogen) atoms. The third-order valence-corrected chi connectivity index (χ3v) is 8.69. The van der Waals surface area contributed by atoms with Crippen LogP contribution in [0.15, 0.2) is 91.0 Å². The summed E-state index contributed by atoms with van der Waals surface area (Å²) < 4.78 is 0. The maximum atomic E-state index is 13.9. The number of hydrogen-bond donors (Lipinski definition) is 1. The van der Waals surface area contributed by atoms with Crippen molar-refractivity contribution in [3.63, 3.8) is 0 Å². The predicted molar refractivity (Wildman–Crippen MR) is 146 cm³/mol. The van der Waals surface area contributed by atoms with E-state index in [-0.39, 0.29) is 29.6 Å². The van der Waals surface area contributed by atoms with Crippen molar-refractivity contribution in [3.05, 3.63) is 130 Å². The van der Waals surface area contributed by atoms with E-state index in [0.717, 1.165) is 39.1 Å². The lowest BCUT2D eigenvalue weighted by molar-refractivity contribution is -0.122. The maximum absolute atomic E-state index is 13.9. The van der Waals surface area contributed by atoms with Crippen molar-refractivity contribution in [3.8, 4) is 0 Å². The summed E-state index contributed by atoms with van der Waals surface area (Å²) in [6, 6.07) is 29.0. The number of anilines is 2. The normalized spacial score (nSPS) is 22.6. The minimum atomic E-state index is -0.426. The van der Waals surface area contributed by atoms with Gasteiger partial charge in [0.2, 0.25) is 11.8 Å². The summed E-state index contributed by atoms with van der Waals surface area (Å²) in [5.41, 5.74) is 8.46. The molecule has 1 N–H and O–H groups in total. The summed E-state index contributed by atoms with van der Waals surface area (Å²) in [6.07, 6.45) is 0. The zero-order valence-corrected chi connectivity index (χ0v) is 21.1. The van der Waals surface area contributed by atoms with Gasteiger partial charge in [0.15, 0.2) is 0 Å². The van der Waals surface area contributed by atoms with E-state index in [1.54, 1.807) is 24.3 Å². The van der Waals surface area contributed by atoms with Crippen molar-refractivity contribution in [2.45, 2.75) is 25.7 Å². The lowest BCUT2D eigenvalue weighted by Gasteiger charge is -2.45. The molecule has 186 valence electrons. The number of imide groups is 1. The van der Waals surface area contributed by atoms with E-state index < -0.39 is 11.8 Å². The van der Waals surface area contributed by atoms with Gasteiger partial charge in [-0.15, -0.1) is 0 Å². The summed E-state index contributed by atoms with van der Waals surface area (Å²) in [5.74, 6) is -1.68. The Bertz CT molecular complexity index is 1540. The van der Waals surface area contributed by atoms with Crippen LogP contribution in [0.3, 0.4) is 0 Å². The second-order valence-electron chi connectivity index (χ2n) is 10.5. The van der Waals surface area contributed by atoms with Gasteiger partial charge in [-0.05, 0) is 77.6 Å². The van der Waals surface area contributed by atoms with Crippen LogP contribution >= 0.6 is 0 Å². The van der Waals surface area contributed by atoms with Gasteiger partial charge in [0, 0.05) is 23.1 Å². The molecule has 5 nitrogen and oxygen atoms in total. The van der Waals surface area contributed by atoms with Gasteiger partial charge in [-0.25, -0.2) is 4.90 Å². The molecule has 8 rings (SSSR count). The molecule has 4 aromatic carbocycles. The van der Waals surface area contributed by atoms with Crippen molar-refractivity contribution >= 4 is 29.1 Å². The van der Waals surface area contributed by atoms with E-state index in [9.17, 15) is 14.4 Å². The number of carbonyl (C=O) groups is 3. The molecule has 0 spiro atoms. The molecule has 0 unspecified atom stereocenters. The average molecular weight is 499 g/mol. The third-order valence-electron chi connectivity index (χ3n) is 8.69. The fourth-order valence-corrected chi connectivity index (χ4v) is 6.77. The molecular formula is C33H26N2O3. The molecule has 1 saturated heterocycles. The molecule has 5 heteroatoms. The number of nitrogens with one attached hydrogen (secondary N) is 1. The molecular weight excluding hydrogens is 472 g/mol. The molecule has 0 saturated carbocycles. The molecule has 2 bridgehead atoms. The lowest BCUT2D eigenvalue weighted by Crippen LogP contribution is -2.41. The molecule has 1 aliphatic heterocycles. The summed E-state index contributed by atoms with van der Waals surface area (Å²) in [7, 11) is 0. The van der Waals surface area contributed by atoms with E-state index in [1.165, 1.54) is 4.90 Å². The van der Waals surface area contributed by atoms with Crippen LogP contribution in [0.1, 0.15) is 55.6 Å². The van der Waals surface area contributed by atoms with Gasteiger partial charge in [0.25, 0.3) is 5.91 Å². The number of aryl methyl sites for hydroxylation is 1. The smallest absolute Gasteiger partial charge is 0.255 e. The molecule has 2 atom stereocenters. The Morgan fingerprint density at radius 2 is 1.16 bits per heavy atom. The van der Waals surface area contributed by atoms with Crippen LogP contribution in [-0.4, -0.2) is 17.7 Å². The van der Waals surface area contributed by atoms with Crippen LogP contribution in [0.2, 0.25) is 0 Å². The first kappa shape index (κ1) is 22.7. The fraction of sp³-hybridized carbons (Fsp3) is 0.182. The topological polar surface area (TPSA) is 66.5 Å². The van der Waals surface area contributed by atoms with Crippen molar-refractivity contribution in [1.29, 1.82) is 0 Å². The number of hydrogen-bond acceptors (Lipinski definition) is 3. The molecule has 0 radical (unpaired) electrons. The molecule has 1 heterocycles. The van der Waals surface area contributed by atoms with Gasteiger partial charge >= 0.3 is 0 Å². The van der Waals surface area contributed by atoms with Crippen LogP contribution in [0.25, 0.3) is 0 Å². The number of carbonyl (C=O) groups excluding carboxylic acids is 3. The van der Waals surface area contributed by atoms with Gasteiger partial charge in [0.05, 0.1) is 17.5 Å².